The molecule has 4 rings (SSSR count). The van der Waals surface area contributed by atoms with Crippen LogP contribution in [0.25, 0.3) is 0 Å². The number of alkyl halides is 2. The van der Waals surface area contributed by atoms with E-state index in [9.17, 15) is 18.7 Å². The lowest BCUT2D eigenvalue weighted by atomic mass is 9.87. The predicted octanol–water partition coefficient (Wildman–Crippen LogP) is 4.24. The number of hydrogen-bond donors (Lipinski definition) is 1. The van der Waals surface area contributed by atoms with Crippen molar-refractivity contribution < 1.29 is 28.2 Å². The average Bonchev–Trinajstić information content (AvgIpc) is 2.83. The van der Waals surface area contributed by atoms with Crippen LogP contribution in [0, 0.1) is 0 Å². The van der Waals surface area contributed by atoms with Gasteiger partial charge in [-0.3, -0.25) is 9.69 Å². The maximum Gasteiger partial charge on any atom is 0.253 e. The van der Waals surface area contributed by atoms with E-state index < -0.39 is 17.6 Å². The van der Waals surface area contributed by atoms with Crippen LogP contribution in [0.3, 0.4) is 0 Å². The normalized spacial score (nSPS) is 20.9. The number of carbonyl (C=O) groups is 1. The van der Waals surface area contributed by atoms with Crippen LogP contribution < -0.4 is 4.74 Å². The summed E-state index contributed by atoms with van der Waals surface area (Å²) in [7, 11) is 1.51. The van der Waals surface area contributed by atoms with Gasteiger partial charge < -0.3 is 19.5 Å². The number of carbonyl (C=O) groups excluding carboxylic acids is 1. The summed E-state index contributed by atoms with van der Waals surface area (Å²) < 4.78 is 38.5. The molecule has 0 saturated carbocycles. The summed E-state index contributed by atoms with van der Waals surface area (Å²) in [5.74, 6) is 0.334. The molecule has 2 aromatic carbocycles. The Labute approximate surface area is 205 Å². The van der Waals surface area contributed by atoms with Gasteiger partial charge in [0.25, 0.3) is 12.3 Å². The Morgan fingerprint density at radius 2 is 1.89 bits per heavy atom. The molecule has 2 aliphatic heterocycles. The Hall–Kier alpha value is -2.55. The molecule has 2 heterocycles. The summed E-state index contributed by atoms with van der Waals surface area (Å²) in [6.45, 7) is 4.84. The van der Waals surface area contributed by atoms with E-state index in [1.54, 1.807) is 41.8 Å². The minimum absolute atomic E-state index is 0.125. The van der Waals surface area contributed by atoms with Gasteiger partial charge >= 0.3 is 0 Å². The quantitative estimate of drug-likeness (QED) is 0.659. The van der Waals surface area contributed by atoms with Crippen molar-refractivity contribution in [2.24, 2.45) is 0 Å². The lowest BCUT2D eigenvalue weighted by Gasteiger charge is -2.50. The summed E-state index contributed by atoms with van der Waals surface area (Å²) in [6.07, 6.45) is -1.56. The number of methoxy groups -OCH3 is 1. The number of aliphatic hydroxyl groups is 1. The van der Waals surface area contributed by atoms with Crippen molar-refractivity contribution >= 4 is 5.91 Å². The first-order chi connectivity index (χ1) is 16.6. The Morgan fingerprint density at radius 3 is 2.49 bits per heavy atom. The minimum Gasteiger partial charge on any atom is -0.496 e. The second kappa shape index (κ2) is 10.2. The highest BCUT2D eigenvalue weighted by atomic mass is 19.3. The smallest absolute Gasteiger partial charge is 0.253 e. The van der Waals surface area contributed by atoms with Crippen molar-refractivity contribution in [1.82, 2.24) is 9.80 Å². The van der Waals surface area contributed by atoms with Crippen LogP contribution in [0.4, 0.5) is 8.78 Å². The third kappa shape index (κ3) is 5.82. The number of amides is 1. The highest BCUT2D eigenvalue weighted by Gasteiger charge is 2.44. The van der Waals surface area contributed by atoms with Crippen molar-refractivity contribution in [1.29, 1.82) is 0 Å². The first-order valence-corrected chi connectivity index (χ1v) is 12.0. The van der Waals surface area contributed by atoms with Gasteiger partial charge in [-0.05, 0) is 44.4 Å². The molecule has 1 spiro atoms. The number of rotatable bonds is 6. The van der Waals surface area contributed by atoms with Gasteiger partial charge in [0, 0.05) is 37.3 Å². The molecule has 1 atom stereocenters. The number of morpholine rings is 1. The number of piperidine rings is 1. The molecule has 2 aliphatic rings. The van der Waals surface area contributed by atoms with Gasteiger partial charge in [-0.2, -0.15) is 0 Å². The van der Waals surface area contributed by atoms with Crippen molar-refractivity contribution in [3.8, 4) is 5.75 Å². The summed E-state index contributed by atoms with van der Waals surface area (Å²) in [4.78, 5) is 16.8. The number of halogens is 2. The monoisotopic (exact) mass is 488 g/mol. The molecule has 1 N–H and O–H groups in total. The Bertz CT molecular complexity index is 1020. The maximum absolute atomic E-state index is 13.3. The zero-order valence-corrected chi connectivity index (χ0v) is 20.5. The van der Waals surface area contributed by atoms with Gasteiger partial charge in [-0.1, -0.05) is 36.4 Å². The molecule has 0 radical (unpaired) electrons. The molecule has 6 nitrogen and oxygen atoms in total. The Balaban J connectivity index is 1.48. The molecular weight excluding hydrogens is 454 g/mol. The molecule has 8 heteroatoms. The summed E-state index contributed by atoms with van der Waals surface area (Å²) >= 11 is 0. The second-order valence-corrected chi connectivity index (χ2v) is 10.1. The van der Waals surface area contributed by atoms with Gasteiger partial charge in [-0.15, -0.1) is 0 Å². The van der Waals surface area contributed by atoms with E-state index in [4.69, 9.17) is 9.47 Å². The first kappa shape index (κ1) is 25.5. The zero-order valence-electron chi connectivity index (χ0n) is 20.5. The molecule has 2 aromatic rings. The standard InChI is InChI=1S/C27H34F2N2O4/c1-26(2,33)21-10-9-20(15-22(21)34-3)25(32)31-13-11-27(12-14-31)18-30(17-24(28)29)16-23(35-27)19-7-5-4-6-8-19/h4-10,15,23-24,33H,11-14,16-18H2,1-3H3. The molecule has 190 valence electrons. The van der Waals surface area contributed by atoms with E-state index in [1.165, 1.54) is 7.11 Å². The van der Waals surface area contributed by atoms with Crippen LogP contribution in [0.1, 0.15) is 54.3 Å². The van der Waals surface area contributed by atoms with Gasteiger partial charge in [0.05, 0.1) is 31.0 Å². The van der Waals surface area contributed by atoms with E-state index in [1.807, 2.05) is 30.3 Å². The van der Waals surface area contributed by atoms with Crippen LogP contribution in [-0.2, 0) is 10.3 Å². The fourth-order valence-electron chi connectivity index (χ4n) is 5.16. The van der Waals surface area contributed by atoms with E-state index in [0.717, 1.165) is 5.56 Å². The summed E-state index contributed by atoms with van der Waals surface area (Å²) in [5.41, 5.74) is 0.394. The van der Waals surface area contributed by atoms with Gasteiger partial charge in [0.2, 0.25) is 0 Å². The number of hydrogen-bond acceptors (Lipinski definition) is 5. The van der Waals surface area contributed by atoms with E-state index in [0.29, 0.717) is 55.9 Å². The fourth-order valence-corrected chi connectivity index (χ4v) is 5.16. The van der Waals surface area contributed by atoms with Crippen LogP contribution in [-0.4, -0.2) is 72.7 Å². The SMILES string of the molecule is COc1cc(C(=O)N2CCC3(CC2)CN(CC(F)F)CC(c2ccccc2)O3)ccc1C(C)(C)O. The topological polar surface area (TPSA) is 62.2 Å². The number of nitrogens with zero attached hydrogens (tertiary/aromatic N) is 2. The molecule has 2 saturated heterocycles. The third-order valence-electron chi connectivity index (χ3n) is 6.97. The first-order valence-electron chi connectivity index (χ1n) is 12.0. The number of likely N-dealkylation sites (tertiary alicyclic amines) is 1. The molecule has 0 bridgehead atoms. The third-order valence-corrected chi connectivity index (χ3v) is 6.97. The van der Waals surface area contributed by atoms with Crippen molar-refractivity contribution in [3.63, 3.8) is 0 Å². The lowest BCUT2D eigenvalue weighted by molar-refractivity contribution is -0.180. The van der Waals surface area contributed by atoms with Crippen LogP contribution in [0.15, 0.2) is 48.5 Å². The van der Waals surface area contributed by atoms with Crippen LogP contribution in [0.2, 0.25) is 0 Å². The maximum atomic E-state index is 13.3. The fraction of sp³-hybridized carbons (Fsp3) is 0.519. The number of benzene rings is 2. The summed E-state index contributed by atoms with van der Waals surface area (Å²) in [6, 6.07) is 14.8. The molecule has 0 aliphatic carbocycles. The Kier molecular flexibility index (Phi) is 7.45. The second-order valence-electron chi connectivity index (χ2n) is 10.1. The van der Waals surface area contributed by atoms with Crippen LogP contribution >= 0.6 is 0 Å². The lowest BCUT2D eigenvalue weighted by Crippen LogP contribution is -2.58. The molecule has 2 fully saturated rings. The summed E-state index contributed by atoms with van der Waals surface area (Å²) in [5, 5.41) is 10.4. The minimum atomic E-state index is -2.41. The van der Waals surface area contributed by atoms with Gasteiger partial charge in [0.1, 0.15) is 5.75 Å². The predicted molar refractivity (Wildman–Crippen MR) is 129 cm³/mol. The van der Waals surface area contributed by atoms with Crippen molar-refractivity contribution in [2.75, 3.05) is 39.8 Å². The highest BCUT2D eigenvalue weighted by molar-refractivity contribution is 5.95. The van der Waals surface area contributed by atoms with Crippen molar-refractivity contribution in [2.45, 2.75) is 50.4 Å². The van der Waals surface area contributed by atoms with E-state index in [2.05, 4.69) is 0 Å². The molecule has 1 unspecified atom stereocenters. The van der Waals surface area contributed by atoms with Gasteiger partial charge in [-0.25, -0.2) is 8.78 Å². The van der Waals surface area contributed by atoms with E-state index in [-0.39, 0.29) is 18.6 Å². The molecule has 0 aromatic heterocycles. The molecular formula is C27H34F2N2O4. The van der Waals surface area contributed by atoms with E-state index >= 15 is 0 Å². The largest absolute Gasteiger partial charge is 0.496 e. The molecule has 1 amide bonds. The zero-order chi connectivity index (χ0) is 25.2. The van der Waals surface area contributed by atoms with Crippen molar-refractivity contribution in [3.05, 3.63) is 65.2 Å². The average molecular weight is 489 g/mol. The Morgan fingerprint density at radius 1 is 1.20 bits per heavy atom. The molecule has 35 heavy (non-hydrogen) atoms. The highest BCUT2D eigenvalue weighted by Crippen LogP contribution is 2.38. The van der Waals surface area contributed by atoms with Gasteiger partial charge in [0.15, 0.2) is 0 Å². The van der Waals surface area contributed by atoms with Crippen LogP contribution in [0.5, 0.6) is 5.75 Å². The number of ether oxygens (including phenoxy) is 2.